The number of carbonyl (C=O) groups excluding carboxylic acids is 2. The summed E-state index contributed by atoms with van der Waals surface area (Å²) in [6.07, 6.45) is 0.712. The van der Waals surface area contributed by atoms with Gasteiger partial charge in [0.1, 0.15) is 6.04 Å². The molecule has 0 bridgehead atoms. The molecule has 0 aliphatic heterocycles. The molecule has 1 atom stereocenters. The van der Waals surface area contributed by atoms with E-state index in [4.69, 9.17) is 5.11 Å². The Morgan fingerprint density at radius 2 is 1.89 bits per heavy atom. The number of hydrogen-bond acceptors (Lipinski definition) is 3. The van der Waals surface area contributed by atoms with Crippen molar-refractivity contribution in [2.24, 2.45) is 0 Å². The van der Waals surface area contributed by atoms with E-state index in [1.165, 1.54) is 4.90 Å². The standard InChI is InChI=1S/C12H23N3O4/c1-4-7-13-11(18)9(3)14-12(19)15(5-2)8-6-10(16)17/h9H,4-8H2,1-3H3,(H,13,18)(H,14,19)(H,16,17). The number of hydrogen-bond donors (Lipinski definition) is 3. The molecule has 0 fully saturated rings. The molecule has 3 amide bonds. The molecule has 19 heavy (non-hydrogen) atoms. The van der Waals surface area contributed by atoms with E-state index in [9.17, 15) is 14.4 Å². The summed E-state index contributed by atoms with van der Waals surface area (Å²) in [5.41, 5.74) is 0. The number of carboxylic acid groups (broad SMARTS) is 1. The van der Waals surface area contributed by atoms with E-state index in [1.807, 2.05) is 6.92 Å². The molecular weight excluding hydrogens is 250 g/mol. The van der Waals surface area contributed by atoms with Gasteiger partial charge in [0, 0.05) is 19.6 Å². The highest BCUT2D eigenvalue weighted by Crippen LogP contribution is 1.95. The number of nitrogens with zero attached hydrogens (tertiary/aromatic N) is 1. The molecule has 0 radical (unpaired) electrons. The number of nitrogens with one attached hydrogen (secondary N) is 2. The van der Waals surface area contributed by atoms with E-state index in [-0.39, 0.29) is 18.9 Å². The van der Waals surface area contributed by atoms with Gasteiger partial charge >= 0.3 is 12.0 Å². The minimum atomic E-state index is -0.958. The van der Waals surface area contributed by atoms with E-state index < -0.39 is 18.0 Å². The van der Waals surface area contributed by atoms with Gasteiger partial charge in [0.2, 0.25) is 5.91 Å². The first-order valence-corrected chi connectivity index (χ1v) is 6.47. The lowest BCUT2D eigenvalue weighted by molar-refractivity contribution is -0.137. The van der Waals surface area contributed by atoms with Crippen LogP contribution in [0.3, 0.4) is 0 Å². The summed E-state index contributed by atoms with van der Waals surface area (Å²) in [7, 11) is 0. The molecule has 0 rings (SSSR count). The third-order valence-corrected chi connectivity index (χ3v) is 2.55. The summed E-state index contributed by atoms with van der Waals surface area (Å²) in [5, 5.41) is 13.8. The van der Waals surface area contributed by atoms with Crippen LogP contribution < -0.4 is 10.6 Å². The van der Waals surface area contributed by atoms with Crippen LogP contribution in [0.15, 0.2) is 0 Å². The van der Waals surface area contributed by atoms with Gasteiger partial charge in [0.15, 0.2) is 0 Å². The molecule has 0 aliphatic carbocycles. The second-order valence-corrected chi connectivity index (χ2v) is 4.19. The van der Waals surface area contributed by atoms with Crippen LogP contribution >= 0.6 is 0 Å². The van der Waals surface area contributed by atoms with Crippen molar-refractivity contribution >= 4 is 17.9 Å². The largest absolute Gasteiger partial charge is 0.481 e. The van der Waals surface area contributed by atoms with Crippen molar-refractivity contribution in [3.8, 4) is 0 Å². The highest BCUT2D eigenvalue weighted by molar-refractivity contribution is 5.86. The summed E-state index contributed by atoms with van der Waals surface area (Å²) >= 11 is 0. The predicted octanol–water partition coefficient (Wildman–Crippen LogP) is 0.407. The Hall–Kier alpha value is -1.79. The van der Waals surface area contributed by atoms with Gasteiger partial charge in [-0.3, -0.25) is 9.59 Å². The lowest BCUT2D eigenvalue weighted by atomic mass is 10.3. The van der Waals surface area contributed by atoms with Crippen LogP contribution in [0.4, 0.5) is 4.79 Å². The molecule has 0 aromatic carbocycles. The summed E-state index contributed by atoms with van der Waals surface area (Å²) < 4.78 is 0. The Morgan fingerprint density at radius 3 is 2.37 bits per heavy atom. The summed E-state index contributed by atoms with van der Waals surface area (Å²) in [6, 6.07) is -1.07. The predicted molar refractivity (Wildman–Crippen MR) is 70.8 cm³/mol. The fourth-order valence-corrected chi connectivity index (χ4v) is 1.38. The van der Waals surface area contributed by atoms with Crippen molar-refractivity contribution in [1.29, 1.82) is 0 Å². The SMILES string of the molecule is CCCNC(=O)C(C)NC(=O)N(CC)CCC(=O)O. The van der Waals surface area contributed by atoms with Gasteiger partial charge in [0.05, 0.1) is 6.42 Å². The second-order valence-electron chi connectivity index (χ2n) is 4.19. The summed E-state index contributed by atoms with van der Waals surface area (Å²) in [4.78, 5) is 35.2. The maximum Gasteiger partial charge on any atom is 0.318 e. The van der Waals surface area contributed by atoms with Crippen LogP contribution in [0.1, 0.15) is 33.6 Å². The lowest BCUT2D eigenvalue weighted by Gasteiger charge is -2.23. The van der Waals surface area contributed by atoms with Crippen molar-refractivity contribution in [3.63, 3.8) is 0 Å². The first-order chi connectivity index (χ1) is 8.92. The fourth-order valence-electron chi connectivity index (χ4n) is 1.38. The molecule has 7 heteroatoms. The smallest absolute Gasteiger partial charge is 0.318 e. The van der Waals surface area contributed by atoms with Crippen LogP contribution in [-0.2, 0) is 9.59 Å². The summed E-state index contributed by atoms with van der Waals surface area (Å²) in [5.74, 6) is -1.20. The van der Waals surface area contributed by atoms with Gasteiger partial charge in [-0.25, -0.2) is 4.79 Å². The molecule has 0 saturated carbocycles. The van der Waals surface area contributed by atoms with Crippen LogP contribution in [0.25, 0.3) is 0 Å². The first-order valence-electron chi connectivity index (χ1n) is 6.47. The molecule has 110 valence electrons. The number of urea groups is 1. The topological polar surface area (TPSA) is 98.7 Å². The Morgan fingerprint density at radius 1 is 1.26 bits per heavy atom. The third kappa shape index (κ3) is 7.28. The minimum absolute atomic E-state index is 0.113. The second kappa shape index (κ2) is 9.18. The average Bonchev–Trinajstić information content (AvgIpc) is 2.36. The van der Waals surface area contributed by atoms with Gasteiger partial charge in [-0.05, 0) is 20.3 Å². The molecule has 0 aromatic rings. The molecule has 3 N–H and O–H groups in total. The molecular formula is C12H23N3O4. The molecule has 0 heterocycles. The highest BCUT2D eigenvalue weighted by atomic mass is 16.4. The normalized spacial score (nSPS) is 11.5. The maximum absolute atomic E-state index is 11.8. The van der Waals surface area contributed by atoms with E-state index in [1.54, 1.807) is 13.8 Å². The Bertz CT molecular complexity index is 320. The van der Waals surface area contributed by atoms with Crippen molar-refractivity contribution in [3.05, 3.63) is 0 Å². The van der Waals surface area contributed by atoms with Crippen LogP contribution in [-0.4, -0.2) is 53.6 Å². The molecule has 0 aromatic heterocycles. The molecule has 0 saturated heterocycles. The Labute approximate surface area is 113 Å². The van der Waals surface area contributed by atoms with Crippen molar-refractivity contribution in [2.45, 2.75) is 39.7 Å². The van der Waals surface area contributed by atoms with Crippen molar-refractivity contribution in [1.82, 2.24) is 15.5 Å². The molecule has 1 unspecified atom stereocenters. The average molecular weight is 273 g/mol. The number of amides is 3. The maximum atomic E-state index is 11.8. The highest BCUT2D eigenvalue weighted by Gasteiger charge is 2.19. The quantitative estimate of drug-likeness (QED) is 0.596. The molecule has 0 aliphatic rings. The minimum Gasteiger partial charge on any atom is -0.481 e. The third-order valence-electron chi connectivity index (χ3n) is 2.55. The molecule has 0 spiro atoms. The van der Waals surface area contributed by atoms with Gasteiger partial charge in [-0.15, -0.1) is 0 Å². The monoisotopic (exact) mass is 273 g/mol. The van der Waals surface area contributed by atoms with E-state index in [0.29, 0.717) is 13.1 Å². The van der Waals surface area contributed by atoms with Crippen molar-refractivity contribution < 1.29 is 19.5 Å². The Balaban J connectivity index is 4.23. The van der Waals surface area contributed by atoms with Gasteiger partial charge < -0.3 is 20.6 Å². The van der Waals surface area contributed by atoms with Gasteiger partial charge in [0.25, 0.3) is 0 Å². The van der Waals surface area contributed by atoms with Gasteiger partial charge in [-0.2, -0.15) is 0 Å². The van der Waals surface area contributed by atoms with E-state index in [0.717, 1.165) is 6.42 Å². The van der Waals surface area contributed by atoms with Crippen LogP contribution in [0, 0.1) is 0 Å². The zero-order valence-electron chi connectivity index (χ0n) is 11.7. The van der Waals surface area contributed by atoms with E-state index >= 15 is 0 Å². The van der Waals surface area contributed by atoms with Gasteiger partial charge in [-0.1, -0.05) is 6.92 Å². The van der Waals surface area contributed by atoms with Crippen LogP contribution in [0.2, 0.25) is 0 Å². The zero-order chi connectivity index (χ0) is 14.8. The number of carbonyl (C=O) groups is 3. The summed E-state index contributed by atoms with van der Waals surface area (Å²) in [6.45, 7) is 6.37. The molecule has 7 nitrogen and oxygen atoms in total. The number of rotatable bonds is 8. The van der Waals surface area contributed by atoms with Crippen molar-refractivity contribution in [2.75, 3.05) is 19.6 Å². The number of aliphatic carboxylic acids is 1. The lowest BCUT2D eigenvalue weighted by Crippen LogP contribution is -2.50. The van der Waals surface area contributed by atoms with E-state index in [2.05, 4.69) is 10.6 Å². The Kier molecular flexibility index (Phi) is 8.32. The number of carboxylic acids is 1. The van der Waals surface area contributed by atoms with Crippen LogP contribution in [0.5, 0.6) is 0 Å². The fraction of sp³-hybridized carbons (Fsp3) is 0.750. The first kappa shape index (κ1) is 17.2. The zero-order valence-corrected chi connectivity index (χ0v) is 11.7.